The van der Waals surface area contributed by atoms with E-state index in [9.17, 15) is 0 Å². The van der Waals surface area contributed by atoms with Crippen molar-refractivity contribution in [2.45, 2.75) is 39.0 Å². The molecule has 0 aliphatic heterocycles. The van der Waals surface area contributed by atoms with E-state index in [4.69, 9.17) is 0 Å². The fourth-order valence-electron chi connectivity index (χ4n) is 1.82. The quantitative estimate of drug-likeness (QED) is 0.679. The van der Waals surface area contributed by atoms with Crippen molar-refractivity contribution in [2.75, 3.05) is 23.7 Å². The Labute approximate surface area is 103 Å². The van der Waals surface area contributed by atoms with Crippen LogP contribution >= 0.6 is 0 Å². The van der Waals surface area contributed by atoms with Crippen LogP contribution in [0, 0.1) is 5.92 Å². The predicted molar refractivity (Wildman–Crippen MR) is 71.3 cm³/mol. The maximum absolute atomic E-state index is 4.22. The Morgan fingerprint density at radius 3 is 2.53 bits per heavy atom. The molecule has 0 bridgehead atoms. The van der Waals surface area contributed by atoms with E-state index in [1.54, 1.807) is 6.33 Å². The number of nitrogens with one attached hydrogen (secondary N) is 2. The number of anilines is 2. The molecule has 1 aliphatic rings. The minimum Gasteiger partial charge on any atom is -0.370 e. The molecule has 0 aromatic carbocycles. The van der Waals surface area contributed by atoms with E-state index in [2.05, 4.69) is 27.5 Å². The second-order valence-corrected chi connectivity index (χ2v) is 4.73. The highest BCUT2D eigenvalue weighted by atomic mass is 15.1. The third kappa shape index (κ3) is 4.59. The zero-order valence-corrected chi connectivity index (χ0v) is 10.6. The Hall–Kier alpha value is -1.32. The van der Waals surface area contributed by atoms with Gasteiger partial charge in [0.2, 0.25) is 0 Å². The number of nitrogens with zero attached hydrogens (tertiary/aromatic N) is 2. The Morgan fingerprint density at radius 1 is 1.18 bits per heavy atom. The maximum Gasteiger partial charge on any atom is 0.131 e. The number of rotatable bonds is 8. The summed E-state index contributed by atoms with van der Waals surface area (Å²) >= 11 is 0. The highest BCUT2D eigenvalue weighted by Gasteiger charge is 2.19. The van der Waals surface area contributed by atoms with E-state index >= 15 is 0 Å². The van der Waals surface area contributed by atoms with Crippen LogP contribution in [-0.4, -0.2) is 23.1 Å². The molecule has 0 spiro atoms. The first kappa shape index (κ1) is 12.1. The standard InChI is InChI=1S/C13H22N4/c1-2-7-14-12-9-13(17-10-16-12)15-8-3-4-11-5-6-11/h9-11H,2-8H2,1H3,(H2,14,15,16,17). The molecule has 1 heterocycles. The van der Waals surface area contributed by atoms with Gasteiger partial charge in [0.15, 0.2) is 0 Å². The van der Waals surface area contributed by atoms with Gasteiger partial charge in [0.25, 0.3) is 0 Å². The van der Waals surface area contributed by atoms with Crippen molar-refractivity contribution in [1.29, 1.82) is 0 Å². The van der Waals surface area contributed by atoms with Gasteiger partial charge in [0, 0.05) is 19.2 Å². The molecule has 17 heavy (non-hydrogen) atoms. The monoisotopic (exact) mass is 234 g/mol. The van der Waals surface area contributed by atoms with E-state index in [1.807, 2.05) is 6.07 Å². The van der Waals surface area contributed by atoms with Crippen molar-refractivity contribution in [3.8, 4) is 0 Å². The molecular weight excluding hydrogens is 212 g/mol. The van der Waals surface area contributed by atoms with Gasteiger partial charge in [-0.25, -0.2) is 9.97 Å². The molecule has 94 valence electrons. The SMILES string of the molecule is CCCNc1cc(NCCCC2CC2)ncn1. The molecule has 0 saturated heterocycles. The first-order valence-electron chi connectivity index (χ1n) is 6.68. The summed E-state index contributed by atoms with van der Waals surface area (Å²) in [5.41, 5.74) is 0. The van der Waals surface area contributed by atoms with Gasteiger partial charge < -0.3 is 10.6 Å². The van der Waals surface area contributed by atoms with Gasteiger partial charge in [-0.05, 0) is 25.2 Å². The predicted octanol–water partition coefficient (Wildman–Crippen LogP) is 2.90. The van der Waals surface area contributed by atoms with Crippen LogP contribution in [0.5, 0.6) is 0 Å². The molecule has 0 atom stereocenters. The van der Waals surface area contributed by atoms with E-state index in [0.717, 1.165) is 37.1 Å². The Balaban J connectivity index is 1.70. The van der Waals surface area contributed by atoms with E-state index in [1.165, 1.54) is 25.7 Å². The summed E-state index contributed by atoms with van der Waals surface area (Å²) in [7, 11) is 0. The van der Waals surface area contributed by atoms with Gasteiger partial charge in [-0.1, -0.05) is 19.8 Å². The van der Waals surface area contributed by atoms with Gasteiger partial charge in [0.05, 0.1) is 0 Å². The van der Waals surface area contributed by atoms with Crippen molar-refractivity contribution < 1.29 is 0 Å². The summed E-state index contributed by atoms with van der Waals surface area (Å²) in [6.45, 7) is 4.12. The van der Waals surface area contributed by atoms with Crippen molar-refractivity contribution in [2.24, 2.45) is 5.92 Å². The van der Waals surface area contributed by atoms with Gasteiger partial charge in [-0.15, -0.1) is 0 Å². The zero-order valence-electron chi connectivity index (χ0n) is 10.6. The molecule has 1 aliphatic carbocycles. The third-order valence-electron chi connectivity index (χ3n) is 3.02. The minimum atomic E-state index is 0.909. The minimum absolute atomic E-state index is 0.909. The summed E-state index contributed by atoms with van der Waals surface area (Å²) in [5.74, 6) is 2.85. The first-order chi connectivity index (χ1) is 8.38. The van der Waals surface area contributed by atoms with E-state index in [-0.39, 0.29) is 0 Å². The van der Waals surface area contributed by atoms with Crippen LogP contribution in [0.15, 0.2) is 12.4 Å². The van der Waals surface area contributed by atoms with Crippen LogP contribution in [0.1, 0.15) is 39.0 Å². The smallest absolute Gasteiger partial charge is 0.131 e. The lowest BCUT2D eigenvalue weighted by Gasteiger charge is -2.07. The van der Waals surface area contributed by atoms with Crippen molar-refractivity contribution in [1.82, 2.24) is 9.97 Å². The third-order valence-corrected chi connectivity index (χ3v) is 3.02. The Bertz CT molecular complexity index is 336. The molecule has 1 aromatic rings. The topological polar surface area (TPSA) is 49.8 Å². The molecule has 2 N–H and O–H groups in total. The largest absolute Gasteiger partial charge is 0.370 e. The van der Waals surface area contributed by atoms with Gasteiger partial charge >= 0.3 is 0 Å². The molecule has 0 amide bonds. The lowest BCUT2D eigenvalue weighted by atomic mass is 10.2. The molecule has 4 heteroatoms. The van der Waals surface area contributed by atoms with E-state index in [0.29, 0.717) is 0 Å². The number of hydrogen-bond donors (Lipinski definition) is 2. The fourth-order valence-corrected chi connectivity index (χ4v) is 1.82. The van der Waals surface area contributed by atoms with Crippen LogP contribution in [0.3, 0.4) is 0 Å². The Morgan fingerprint density at radius 2 is 1.88 bits per heavy atom. The van der Waals surface area contributed by atoms with Crippen molar-refractivity contribution in [3.05, 3.63) is 12.4 Å². The average molecular weight is 234 g/mol. The normalized spacial score (nSPS) is 14.6. The van der Waals surface area contributed by atoms with Crippen LogP contribution in [-0.2, 0) is 0 Å². The molecule has 0 unspecified atom stereocenters. The fraction of sp³-hybridized carbons (Fsp3) is 0.692. The van der Waals surface area contributed by atoms with Gasteiger partial charge in [-0.3, -0.25) is 0 Å². The number of aromatic nitrogens is 2. The summed E-state index contributed by atoms with van der Waals surface area (Å²) in [4.78, 5) is 8.40. The Kier molecular flexibility index (Phi) is 4.59. The second kappa shape index (κ2) is 6.42. The van der Waals surface area contributed by atoms with Crippen LogP contribution in [0.25, 0.3) is 0 Å². The van der Waals surface area contributed by atoms with Crippen molar-refractivity contribution in [3.63, 3.8) is 0 Å². The number of hydrogen-bond acceptors (Lipinski definition) is 4. The molecule has 0 radical (unpaired) electrons. The highest BCUT2D eigenvalue weighted by molar-refractivity contribution is 5.46. The lowest BCUT2D eigenvalue weighted by Crippen LogP contribution is -2.06. The summed E-state index contributed by atoms with van der Waals surface area (Å²) in [5, 5.41) is 6.62. The van der Waals surface area contributed by atoms with Gasteiger partial charge in [0.1, 0.15) is 18.0 Å². The molecular formula is C13H22N4. The highest BCUT2D eigenvalue weighted by Crippen LogP contribution is 2.33. The maximum atomic E-state index is 4.22. The summed E-state index contributed by atoms with van der Waals surface area (Å²) < 4.78 is 0. The van der Waals surface area contributed by atoms with Crippen LogP contribution in [0.4, 0.5) is 11.6 Å². The lowest BCUT2D eigenvalue weighted by molar-refractivity contribution is 0.686. The second-order valence-electron chi connectivity index (χ2n) is 4.73. The average Bonchev–Trinajstić information content (AvgIpc) is 3.17. The van der Waals surface area contributed by atoms with Crippen LogP contribution in [0.2, 0.25) is 0 Å². The zero-order chi connectivity index (χ0) is 11.9. The van der Waals surface area contributed by atoms with Crippen molar-refractivity contribution >= 4 is 11.6 Å². The van der Waals surface area contributed by atoms with Gasteiger partial charge in [-0.2, -0.15) is 0 Å². The molecule has 1 fully saturated rings. The molecule has 1 saturated carbocycles. The molecule has 4 nitrogen and oxygen atoms in total. The molecule has 1 aromatic heterocycles. The van der Waals surface area contributed by atoms with Crippen LogP contribution < -0.4 is 10.6 Å². The summed E-state index contributed by atoms with van der Waals surface area (Å²) in [6, 6.07) is 1.98. The first-order valence-corrected chi connectivity index (χ1v) is 6.68. The molecule has 2 rings (SSSR count). The summed E-state index contributed by atoms with van der Waals surface area (Å²) in [6.07, 6.45) is 8.21. The van der Waals surface area contributed by atoms with E-state index < -0.39 is 0 Å².